The number of hydrogen-bond acceptors (Lipinski definition) is 4. The first-order chi connectivity index (χ1) is 8.47. The number of ether oxygens (including phenoxy) is 2. The predicted octanol–water partition coefficient (Wildman–Crippen LogP) is 2.17. The molecule has 0 atom stereocenters. The largest absolute Gasteiger partial charge is 0.465 e. The van der Waals surface area contributed by atoms with Crippen LogP contribution in [-0.4, -0.2) is 25.2 Å². The summed E-state index contributed by atoms with van der Waals surface area (Å²) < 4.78 is 9.95. The van der Waals surface area contributed by atoms with Crippen LogP contribution in [-0.2, 0) is 19.1 Å². The van der Waals surface area contributed by atoms with Crippen LogP contribution < -0.4 is 0 Å². The summed E-state index contributed by atoms with van der Waals surface area (Å²) in [5.41, 5.74) is -0.0672. The lowest BCUT2D eigenvalue weighted by atomic mass is 9.75. The standard InChI is InChI=1S/C14H18O4/c1-5-17-12(15)14(13(16)18-6-2)8-7-10(3)11(4)9-14/h7-8H,3-6,9H2,1-2H3. The third-order valence-corrected chi connectivity index (χ3v) is 2.79. The molecule has 1 aliphatic carbocycles. The van der Waals surface area contributed by atoms with Gasteiger partial charge in [0.25, 0.3) is 0 Å². The Bertz CT molecular complexity index is 400. The Morgan fingerprint density at radius 2 is 1.72 bits per heavy atom. The van der Waals surface area contributed by atoms with Crippen LogP contribution in [0.2, 0.25) is 0 Å². The molecule has 0 N–H and O–H groups in total. The Morgan fingerprint density at radius 1 is 1.22 bits per heavy atom. The van der Waals surface area contributed by atoms with Gasteiger partial charge in [-0.05, 0) is 25.0 Å². The highest BCUT2D eigenvalue weighted by Crippen LogP contribution is 2.37. The monoisotopic (exact) mass is 250 g/mol. The van der Waals surface area contributed by atoms with Crippen molar-refractivity contribution in [3.63, 3.8) is 0 Å². The summed E-state index contributed by atoms with van der Waals surface area (Å²) in [6, 6.07) is 0. The molecule has 1 aliphatic rings. The maximum atomic E-state index is 12.0. The van der Waals surface area contributed by atoms with E-state index in [2.05, 4.69) is 13.2 Å². The van der Waals surface area contributed by atoms with Gasteiger partial charge < -0.3 is 9.47 Å². The van der Waals surface area contributed by atoms with Crippen molar-refractivity contribution in [3.8, 4) is 0 Å². The van der Waals surface area contributed by atoms with Gasteiger partial charge in [-0.3, -0.25) is 9.59 Å². The SMILES string of the molecule is C=C1C=CC(C(=O)OCC)(C(=O)OCC)CC1=C. The summed E-state index contributed by atoms with van der Waals surface area (Å²) >= 11 is 0. The summed E-state index contributed by atoms with van der Waals surface area (Å²) in [6.07, 6.45) is 3.26. The minimum Gasteiger partial charge on any atom is -0.465 e. The average Bonchev–Trinajstić information content (AvgIpc) is 2.33. The van der Waals surface area contributed by atoms with Crippen molar-refractivity contribution in [2.75, 3.05) is 13.2 Å². The van der Waals surface area contributed by atoms with Crippen molar-refractivity contribution in [2.24, 2.45) is 5.41 Å². The molecule has 0 aromatic carbocycles. The van der Waals surface area contributed by atoms with Gasteiger partial charge in [-0.2, -0.15) is 0 Å². The first-order valence-electron chi connectivity index (χ1n) is 5.88. The van der Waals surface area contributed by atoms with Crippen LogP contribution >= 0.6 is 0 Å². The number of esters is 2. The lowest BCUT2D eigenvalue weighted by Gasteiger charge is -2.30. The van der Waals surface area contributed by atoms with Crippen LogP contribution in [0.4, 0.5) is 0 Å². The highest BCUT2D eigenvalue weighted by molar-refractivity contribution is 6.03. The molecule has 0 bridgehead atoms. The van der Waals surface area contributed by atoms with Crippen molar-refractivity contribution in [3.05, 3.63) is 36.5 Å². The summed E-state index contributed by atoms with van der Waals surface area (Å²) in [6.45, 7) is 11.4. The second kappa shape index (κ2) is 5.67. The molecular formula is C14H18O4. The average molecular weight is 250 g/mol. The van der Waals surface area contributed by atoms with E-state index in [1.165, 1.54) is 6.08 Å². The van der Waals surface area contributed by atoms with Crippen LogP contribution in [0.3, 0.4) is 0 Å². The highest BCUT2D eigenvalue weighted by Gasteiger charge is 2.48. The Balaban J connectivity index is 3.14. The fraction of sp³-hybridized carbons (Fsp3) is 0.429. The molecule has 0 aliphatic heterocycles. The summed E-state index contributed by atoms with van der Waals surface area (Å²) in [4.78, 5) is 24.1. The Morgan fingerprint density at radius 3 is 2.11 bits per heavy atom. The van der Waals surface area contributed by atoms with Crippen molar-refractivity contribution >= 4 is 11.9 Å². The molecule has 0 aromatic heterocycles. The number of rotatable bonds is 4. The van der Waals surface area contributed by atoms with Gasteiger partial charge in [0.1, 0.15) is 0 Å². The number of hydrogen-bond donors (Lipinski definition) is 0. The quantitative estimate of drug-likeness (QED) is 0.567. The zero-order valence-corrected chi connectivity index (χ0v) is 10.8. The number of carbonyl (C=O) groups excluding carboxylic acids is 2. The third-order valence-electron chi connectivity index (χ3n) is 2.79. The molecule has 0 heterocycles. The first-order valence-corrected chi connectivity index (χ1v) is 5.88. The molecule has 0 saturated carbocycles. The molecule has 0 amide bonds. The normalized spacial score (nSPS) is 17.4. The minimum absolute atomic E-state index is 0.153. The predicted molar refractivity (Wildman–Crippen MR) is 67.7 cm³/mol. The van der Waals surface area contributed by atoms with Crippen LogP contribution in [0.25, 0.3) is 0 Å². The van der Waals surface area contributed by atoms with Crippen molar-refractivity contribution < 1.29 is 19.1 Å². The Kier molecular flexibility index (Phi) is 4.48. The molecule has 0 fully saturated rings. The second-order valence-corrected chi connectivity index (χ2v) is 4.05. The van der Waals surface area contributed by atoms with Gasteiger partial charge in [-0.1, -0.05) is 25.3 Å². The molecule has 4 nitrogen and oxygen atoms in total. The smallest absolute Gasteiger partial charge is 0.327 e. The maximum absolute atomic E-state index is 12.0. The molecule has 0 unspecified atom stereocenters. The lowest BCUT2D eigenvalue weighted by molar-refractivity contribution is -0.168. The Labute approximate surface area is 107 Å². The van der Waals surface area contributed by atoms with Gasteiger partial charge in [0.15, 0.2) is 5.41 Å². The maximum Gasteiger partial charge on any atom is 0.327 e. The van der Waals surface area contributed by atoms with Gasteiger partial charge in [0.2, 0.25) is 0 Å². The van der Waals surface area contributed by atoms with E-state index in [1.807, 2.05) is 0 Å². The van der Waals surface area contributed by atoms with Crippen LogP contribution in [0, 0.1) is 5.41 Å². The molecule has 18 heavy (non-hydrogen) atoms. The van der Waals surface area contributed by atoms with Crippen LogP contribution in [0.15, 0.2) is 36.5 Å². The molecule has 0 saturated heterocycles. The van der Waals surface area contributed by atoms with Gasteiger partial charge in [-0.15, -0.1) is 0 Å². The first kappa shape index (κ1) is 14.2. The van der Waals surface area contributed by atoms with E-state index in [9.17, 15) is 9.59 Å². The van der Waals surface area contributed by atoms with Crippen LogP contribution in [0.5, 0.6) is 0 Å². The van der Waals surface area contributed by atoms with Gasteiger partial charge in [0, 0.05) is 6.42 Å². The van der Waals surface area contributed by atoms with Gasteiger partial charge in [-0.25, -0.2) is 0 Å². The van der Waals surface area contributed by atoms with E-state index in [0.29, 0.717) is 11.1 Å². The van der Waals surface area contributed by atoms with E-state index < -0.39 is 17.4 Å². The van der Waals surface area contributed by atoms with E-state index in [-0.39, 0.29) is 19.6 Å². The fourth-order valence-corrected chi connectivity index (χ4v) is 1.75. The third kappa shape index (κ3) is 2.53. The number of allylic oxidation sites excluding steroid dienone is 3. The van der Waals surface area contributed by atoms with Crippen molar-refractivity contribution in [1.82, 2.24) is 0 Å². The minimum atomic E-state index is -1.41. The van der Waals surface area contributed by atoms with Crippen molar-refractivity contribution in [1.29, 1.82) is 0 Å². The molecule has 0 spiro atoms. The van der Waals surface area contributed by atoms with Gasteiger partial charge in [0.05, 0.1) is 13.2 Å². The molecule has 4 heteroatoms. The topological polar surface area (TPSA) is 52.6 Å². The molecule has 1 rings (SSSR count). The molecule has 98 valence electrons. The van der Waals surface area contributed by atoms with E-state index in [1.54, 1.807) is 19.9 Å². The lowest BCUT2D eigenvalue weighted by Crippen LogP contribution is -2.42. The molecular weight excluding hydrogens is 232 g/mol. The van der Waals surface area contributed by atoms with E-state index in [0.717, 1.165) is 0 Å². The molecule has 0 radical (unpaired) electrons. The molecule has 0 aromatic rings. The Hall–Kier alpha value is -1.84. The van der Waals surface area contributed by atoms with E-state index >= 15 is 0 Å². The summed E-state index contributed by atoms with van der Waals surface area (Å²) in [5, 5.41) is 0. The van der Waals surface area contributed by atoms with Gasteiger partial charge >= 0.3 is 11.9 Å². The highest BCUT2D eigenvalue weighted by atomic mass is 16.6. The summed E-state index contributed by atoms with van der Waals surface area (Å²) in [5.74, 6) is -1.21. The summed E-state index contributed by atoms with van der Waals surface area (Å²) in [7, 11) is 0. The van der Waals surface area contributed by atoms with Crippen molar-refractivity contribution in [2.45, 2.75) is 20.3 Å². The number of carbonyl (C=O) groups is 2. The van der Waals surface area contributed by atoms with E-state index in [4.69, 9.17) is 9.47 Å². The van der Waals surface area contributed by atoms with Crippen LogP contribution in [0.1, 0.15) is 20.3 Å². The second-order valence-electron chi connectivity index (χ2n) is 4.05. The zero-order chi connectivity index (χ0) is 13.8. The zero-order valence-electron chi connectivity index (χ0n) is 10.8. The fourth-order valence-electron chi connectivity index (χ4n) is 1.75.